The molecule has 2 heterocycles. The van der Waals surface area contributed by atoms with Crippen LogP contribution in [0.15, 0.2) is 47.2 Å². The van der Waals surface area contributed by atoms with Crippen molar-refractivity contribution in [3.63, 3.8) is 0 Å². The predicted octanol–water partition coefficient (Wildman–Crippen LogP) is 5.36. The molecule has 1 amide bonds. The number of carbonyl (C=O) groups excluding carboxylic acids is 1. The third-order valence-electron chi connectivity index (χ3n) is 3.90. The minimum Gasteiger partial charge on any atom is -0.444 e. The van der Waals surface area contributed by atoms with E-state index < -0.39 is 11.7 Å². The molecule has 0 aliphatic rings. The van der Waals surface area contributed by atoms with Crippen LogP contribution in [0.25, 0.3) is 5.52 Å². The van der Waals surface area contributed by atoms with Gasteiger partial charge in [0.2, 0.25) is 0 Å². The van der Waals surface area contributed by atoms with Crippen molar-refractivity contribution < 1.29 is 9.53 Å². The average Bonchev–Trinajstić information content (AvgIpc) is 2.97. The number of halogens is 1. The van der Waals surface area contributed by atoms with Crippen LogP contribution in [0, 0.1) is 6.92 Å². The molecule has 0 bridgehead atoms. The largest absolute Gasteiger partial charge is 0.444 e. The number of carbonyl (C=O) groups is 1. The minimum absolute atomic E-state index is 0.480. The first-order chi connectivity index (χ1) is 12.7. The van der Waals surface area contributed by atoms with Crippen molar-refractivity contribution in [3.05, 3.63) is 58.3 Å². The van der Waals surface area contributed by atoms with Gasteiger partial charge in [-0.3, -0.25) is 5.32 Å². The van der Waals surface area contributed by atoms with Gasteiger partial charge in [-0.1, -0.05) is 22.0 Å². The van der Waals surface area contributed by atoms with Crippen molar-refractivity contribution in [2.75, 3.05) is 10.6 Å². The van der Waals surface area contributed by atoms with Gasteiger partial charge in [0.1, 0.15) is 5.60 Å². The van der Waals surface area contributed by atoms with Crippen molar-refractivity contribution in [1.29, 1.82) is 0 Å². The fourth-order valence-corrected chi connectivity index (χ4v) is 3.34. The second-order valence-corrected chi connectivity index (χ2v) is 8.24. The molecule has 3 rings (SSSR count). The number of hydrogen-bond donors (Lipinski definition) is 2. The maximum atomic E-state index is 12.2. The maximum Gasteiger partial charge on any atom is 0.412 e. The van der Waals surface area contributed by atoms with Gasteiger partial charge in [-0.2, -0.15) is 5.10 Å². The molecule has 27 heavy (non-hydrogen) atoms. The van der Waals surface area contributed by atoms with Crippen LogP contribution >= 0.6 is 15.9 Å². The number of fused-ring (bicyclic) bond motifs is 1. The Kier molecular flexibility index (Phi) is 5.41. The zero-order valence-electron chi connectivity index (χ0n) is 15.8. The van der Waals surface area contributed by atoms with Gasteiger partial charge in [0.25, 0.3) is 0 Å². The number of ether oxygens (including phenoxy) is 1. The molecular weight excluding hydrogens is 408 g/mol. The molecule has 0 saturated heterocycles. The van der Waals surface area contributed by atoms with Crippen LogP contribution in [-0.4, -0.2) is 21.3 Å². The van der Waals surface area contributed by atoms with Crippen molar-refractivity contribution >= 4 is 38.9 Å². The molecule has 0 atom stereocenters. The van der Waals surface area contributed by atoms with E-state index in [4.69, 9.17) is 4.74 Å². The summed E-state index contributed by atoms with van der Waals surface area (Å²) in [6, 6.07) is 9.84. The minimum atomic E-state index is -0.557. The average molecular weight is 431 g/mol. The molecular formula is C20H23BrN4O2. The Morgan fingerprint density at radius 2 is 2.07 bits per heavy atom. The lowest BCUT2D eigenvalue weighted by Crippen LogP contribution is -2.27. The van der Waals surface area contributed by atoms with Gasteiger partial charge in [0.05, 0.1) is 23.1 Å². The molecule has 142 valence electrons. The number of aromatic nitrogens is 2. The highest BCUT2D eigenvalue weighted by Crippen LogP contribution is 2.31. The first kappa shape index (κ1) is 19.2. The number of amides is 1. The Morgan fingerprint density at radius 3 is 2.81 bits per heavy atom. The normalized spacial score (nSPS) is 11.4. The monoisotopic (exact) mass is 430 g/mol. The molecule has 0 spiro atoms. The van der Waals surface area contributed by atoms with Crippen molar-refractivity contribution in [3.8, 4) is 0 Å². The number of benzene rings is 1. The first-order valence-corrected chi connectivity index (χ1v) is 9.47. The summed E-state index contributed by atoms with van der Waals surface area (Å²) in [6.45, 7) is 8.03. The topological polar surface area (TPSA) is 67.7 Å². The molecule has 0 fully saturated rings. The van der Waals surface area contributed by atoms with E-state index in [0.29, 0.717) is 12.2 Å². The van der Waals surface area contributed by atoms with Crippen molar-refractivity contribution in [2.45, 2.75) is 39.8 Å². The van der Waals surface area contributed by atoms with Crippen molar-refractivity contribution in [1.82, 2.24) is 9.61 Å². The fourth-order valence-electron chi connectivity index (χ4n) is 2.77. The van der Waals surface area contributed by atoms with Crippen LogP contribution < -0.4 is 10.6 Å². The first-order valence-electron chi connectivity index (χ1n) is 8.68. The van der Waals surface area contributed by atoms with Crippen LogP contribution in [0.1, 0.15) is 31.9 Å². The molecule has 6 nitrogen and oxygen atoms in total. The molecule has 0 aliphatic heterocycles. The molecule has 3 aromatic rings. The molecule has 0 aliphatic carbocycles. The van der Waals surface area contributed by atoms with Gasteiger partial charge in [0.15, 0.2) is 0 Å². The van der Waals surface area contributed by atoms with E-state index >= 15 is 0 Å². The second-order valence-electron chi connectivity index (χ2n) is 7.33. The quantitative estimate of drug-likeness (QED) is 0.583. The van der Waals surface area contributed by atoms with Crippen LogP contribution in [0.4, 0.5) is 16.2 Å². The summed E-state index contributed by atoms with van der Waals surface area (Å²) in [5, 5.41) is 10.6. The SMILES string of the molecule is Cc1cc(Br)cc(NCc2cnn3ccccc23)c1NC(=O)OC(C)(C)C. The lowest BCUT2D eigenvalue weighted by Gasteiger charge is -2.21. The van der Waals surface area contributed by atoms with Crippen molar-refractivity contribution in [2.24, 2.45) is 0 Å². The number of aryl methyl sites for hydroxylation is 1. The molecule has 7 heteroatoms. The Bertz CT molecular complexity index is 976. The standard InChI is InChI=1S/C20H23BrN4O2/c1-13-9-15(21)10-16(18(13)24-19(26)27-20(2,3)4)22-11-14-12-23-25-8-6-5-7-17(14)25/h5-10,12,22H,11H2,1-4H3,(H,24,26). The van der Waals surface area contributed by atoms with Gasteiger partial charge in [-0.05, 0) is 57.5 Å². The lowest BCUT2D eigenvalue weighted by atomic mass is 10.1. The van der Waals surface area contributed by atoms with Gasteiger partial charge in [-0.15, -0.1) is 0 Å². The number of nitrogens with one attached hydrogen (secondary N) is 2. The zero-order chi connectivity index (χ0) is 19.6. The van der Waals surface area contributed by atoms with Crippen LogP contribution in [-0.2, 0) is 11.3 Å². The van der Waals surface area contributed by atoms with E-state index in [1.165, 1.54) is 0 Å². The number of nitrogens with zero attached hydrogens (tertiary/aromatic N) is 2. The fraction of sp³-hybridized carbons (Fsp3) is 0.300. The third kappa shape index (κ3) is 4.80. The molecule has 2 aromatic heterocycles. The van der Waals surface area contributed by atoms with Gasteiger partial charge in [0, 0.05) is 22.8 Å². The Labute approximate surface area is 167 Å². The predicted molar refractivity (Wildman–Crippen MR) is 111 cm³/mol. The van der Waals surface area contributed by atoms with Crippen LogP contribution in [0.3, 0.4) is 0 Å². The van der Waals surface area contributed by atoms with E-state index in [2.05, 4.69) is 31.7 Å². The molecule has 0 unspecified atom stereocenters. The van der Waals surface area contributed by atoms with E-state index in [1.807, 2.05) is 74.9 Å². The summed E-state index contributed by atoms with van der Waals surface area (Å²) in [6.07, 6.45) is 3.28. The van der Waals surface area contributed by atoms with Gasteiger partial charge < -0.3 is 10.1 Å². The maximum absolute atomic E-state index is 12.2. The smallest absolute Gasteiger partial charge is 0.412 e. The van der Waals surface area contributed by atoms with Crippen LogP contribution in [0.2, 0.25) is 0 Å². The second kappa shape index (κ2) is 7.60. The summed E-state index contributed by atoms with van der Waals surface area (Å²) in [5.41, 5.74) is 3.98. The highest BCUT2D eigenvalue weighted by molar-refractivity contribution is 9.10. The summed E-state index contributed by atoms with van der Waals surface area (Å²) < 4.78 is 8.15. The highest BCUT2D eigenvalue weighted by atomic mass is 79.9. The van der Waals surface area contributed by atoms with E-state index in [9.17, 15) is 4.79 Å². The number of anilines is 2. The van der Waals surface area contributed by atoms with Gasteiger partial charge in [-0.25, -0.2) is 9.31 Å². The third-order valence-corrected chi connectivity index (χ3v) is 4.36. The molecule has 0 radical (unpaired) electrons. The zero-order valence-corrected chi connectivity index (χ0v) is 17.4. The molecule has 0 saturated carbocycles. The Morgan fingerprint density at radius 1 is 1.30 bits per heavy atom. The molecule has 1 aromatic carbocycles. The summed E-state index contributed by atoms with van der Waals surface area (Å²) in [4.78, 5) is 12.2. The van der Waals surface area contributed by atoms with E-state index in [0.717, 1.165) is 26.8 Å². The number of pyridine rings is 1. The van der Waals surface area contributed by atoms with E-state index in [1.54, 1.807) is 0 Å². The number of hydrogen-bond acceptors (Lipinski definition) is 4. The van der Waals surface area contributed by atoms with Crippen LogP contribution in [0.5, 0.6) is 0 Å². The summed E-state index contributed by atoms with van der Waals surface area (Å²) in [7, 11) is 0. The number of rotatable bonds is 4. The summed E-state index contributed by atoms with van der Waals surface area (Å²) in [5.74, 6) is 0. The van der Waals surface area contributed by atoms with Gasteiger partial charge >= 0.3 is 6.09 Å². The van der Waals surface area contributed by atoms with E-state index in [-0.39, 0.29) is 0 Å². The highest BCUT2D eigenvalue weighted by Gasteiger charge is 2.18. The lowest BCUT2D eigenvalue weighted by molar-refractivity contribution is 0.0636. The summed E-state index contributed by atoms with van der Waals surface area (Å²) >= 11 is 3.52. The Hall–Kier alpha value is -2.54. The molecule has 2 N–H and O–H groups in total. The Balaban J connectivity index is 1.83.